The van der Waals surface area contributed by atoms with E-state index >= 15 is 0 Å². The van der Waals surface area contributed by atoms with Crippen molar-refractivity contribution < 1.29 is 23.9 Å². The number of esters is 2. The number of fused-ring (bicyclic) bond motifs is 1. The van der Waals surface area contributed by atoms with Crippen molar-refractivity contribution in [2.24, 2.45) is 23.2 Å². The van der Waals surface area contributed by atoms with Crippen LogP contribution >= 0.6 is 23.2 Å². The lowest BCUT2D eigenvalue weighted by atomic mass is 9.56. The summed E-state index contributed by atoms with van der Waals surface area (Å²) in [5.41, 5.74) is 2.37. The van der Waals surface area contributed by atoms with Gasteiger partial charge in [-0.05, 0) is 67.0 Å². The highest BCUT2D eigenvalue weighted by Gasteiger charge is 2.53. The molecule has 0 bridgehead atoms. The lowest BCUT2D eigenvalue weighted by molar-refractivity contribution is -0.155. The first kappa shape index (κ1) is 30.6. The summed E-state index contributed by atoms with van der Waals surface area (Å²) in [6.07, 6.45) is 9.65. The van der Waals surface area contributed by atoms with Crippen molar-refractivity contribution >= 4 is 46.1 Å². The van der Waals surface area contributed by atoms with E-state index in [1.54, 1.807) is 36.2 Å². The summed E-state index contributed by atoms with van der Waals surface area (Å²) in [5.74, 6) is -1.11. The number of hydrogen-bond donors (Lipinski definition) is 0. The zero-order valence-electron chi connectivity index (χ0n) is 23.7. The van der Waals surface area contributed by atoms with Gasteiger partial charge >= 0.3 is 11.9 Å². The average molecular weight is 597 g/mol. The van der Waals surface area contributed by atoms with Crippen LogP contribution in [0.25, 0.3) is 5.03 Å². The number of ether oxygens (including phenoxy) is 2. The van der Waals surface area contributed by atoms with Crippen LogP contribution in [0.2, 0.25) is 5.02 Å². The van der Waals surface area contributed by atoms with Gasteiger partial charge in [0, 0.05) is 36.0 Å². The average Bonchev–Trinajstić information content (AvgIpc) is 2.97. The Morgan fingerprint density at radius 2 is 1.68 bits per heavy atom. The molecule has 2 aromatic rings. The van der Waals surface area contributed by atoms with Gasteiger partial charge in [0.05, 0.1) is 25.2 Å². The van der Waals surface area contributed by atoms with Crippen molar-refractivity contribution in [2.75, 3.05) is 21.3 Å². The highest BCUT2D eigenvalue weighted by Crippen LogP contribution is 2.53. The molecule has 0 heterocycles. The van der Waals surface area contributed by atoms with Crippen LogP contribution in [0.1, 0.15) is 47.7 Å². The minimum Gasteiger partial charge on any atom is -0.468 e. The molecule has 41 heavy (non-hydrogen) atoms. The smallest absolute Gasteiger partial charge is 0.337 e. The molecule has 2 aliphatic rings. The number of nitrogens with zero attached hydrogens (tertiary/aromatic N) is 1. The van der Waals surface area contributed by atoms with Crippen LogP contribution in [0.3, 0.4) is 0 Å². The van der Waals surface area contributed by atoms with E-state index in [0.29, 0.717) is 35.0 Å². The molecule has 6 nitrogen and oxygen atoms in total. The van der Waals surface area contributed by atoms with Crippen LogP contribution in [-0.2, 0) is 25.6 Å². The molecule has 2 aromatic carbocycles. The van der Waals surface area contributed by atoms with Crippen molar-refractivity contribution in [1.82, 2.24) is 4.90 Å². The number of amides is 1. The maximum Gasteiger partial charge on any atom is 0.337 e. The van der Waals surface area contributed by atoms with E-state index < -0.39 is 11.4 Å². The van der Waals surface area contributed by atoms with Crippen molar-refractivity contribution in [3.05, 3.63) is 100 Å². The third kappa shape index (κ3) is 6.77. The lowest BCUT2D eigenvalue weighted by Crippen LogP contribution is -2.48. The van der Waals surface area contributed by atoms with Crippen LogP contribution in [0.4, 0.5) is 0 Å². The first-order valence-corrected chi connectivity index (χ1v) is 14.3. The highest BCUT2D eigenvalue weighted by atomic mass is 35.5. The molecule has 0 N–H and O–H groups in total. The van der Waals surface area contributed by atoms with Gasteiger partial charge in [-0.3, -0.25) is 9.59 Å². The minimum absolute atomic E-state index is 0.00480. The number of benzene rings is 2. The molecule has 1 amide bonds. The Morgan fingerprint density at radius 3 is 2.32 bits per heavy atom. The first-order valence-electron chi connectivity index (χ1n) is 13.6. The van der Waals surface area contributed by atoms with Crippen LogP contribution in [0.15, 0.2) is 78.4 Å². The zero-order chi connectivity index (χ0) is 29.7. The number of allylic oxidation sites excluding steroid dienone is 4. The molecule has 0 saturated carbocycles. The number of hydrogen-bond acceptors (Lipinski definition) is 5. The van der Waals surface area contributed by atoms with Gasteiger partial charge in [0.2, 0.25) is 5.91 Å². The van der Waals surface area contributed by atoms with E-state index in [4.69, 9.17) is 32.7 Å². The summed E-state index contributed by atoms with van der Waals surface area (Å²) in [7, 11) is 4.54. The fourth-order valence-electron chi connectivity index (χ4n) is 5.96. The van der Waals surface area contributed by atoms with Gasteiger partial charge in [0.15, 0.2) is 0 Å². The first-order chi connectivity index (χ1) is 19.6. The summed E-state index contributed by atoms with van der Waals surface area (Å²) in [4.78, 5) is 40.1. The number of methoxy groups -OCH3 is 2. The van der Waals surface area contributed by atoms with E-state index in [-0.39, 0.29) is 29.6 Å². The van der Waals surface area contributed by atoms with Gasteiger partial charge in [-0.1, -0.05) is 77.3 Å². The van der Waals surface area contributed by atoms with Gasteiger partial charge < -0.3 is 14.4 Å². The normalized spacial score (nSPS) is 23.7. The number of carbonyl (C=O) groups is 3. The molecule has 0 unspecified atom stereocenters. The van der Waals surface area contributed by atoms with Gasteiger partial charge in [0.25, 0.3) is 0 Å². The van der Waals surface area contributed by atoms with Crippen molar-refractivity contribution in [1.29, 1.82) is 0 Å². The minimum atomic E-state index is -0.935. The molecule has 0 aromatic heterocycles. The van der Waals surface area contributed by atoms with Crippen LogP contribution in [0, 0.1) is 23.2 Å². The topological polar surface area (TPSA) is 72.9 Å². The second-order valence-corrected chi connectivity index (χ2v) is 11.7. The Balaban J connectivity index is 1.57. The van der Waals surface area contributed by atoms with E-state index in [0.717, 1.165) is 23.1 Å². The number of halogens is 2. The zero-order valence-corrected chi connectivity index (χ0v) is 25.2. The maximum absolute atomic E-state index is 13.5. The third-order valence-electron chi connectivity index (χ3n) is 8.13. The Bertz CT molecular complexity index is 1380. The van der Waals surface area contributed by atoms with E-state index in [9.17, 15) is 14.4 Å². The van der Waals surface area contributed by atoms with Crippen LogP contribution in [-0.4, -0.2) is 44.0 Å². The molecule has 4 atom stereocenters. The van der Waals surface area contributed by atoms with Crippen LogP contribution < -0.4 is 0 Å². The fourth-order valence-corrected chi connectivity index (χ4v) is 6.35. The highest BCUT2D eigenvalue weighted by molar-refractivity contribution is 6.48. The molecule has 0 aliphatic heterocycles. The predicted molar refractivity (Wildman–Crippen MR) is 161 cm³/mol. The molecule has 8 heteroatoms. The Morgan fingerprint density at radius 1 is 1.02 bits per heavy atom. The molecule has 216 valence electrons. The van der Waals surface area contributed by atoms with Crippen molar-refractivity contribution in [3.8, 4) is 0 Å². The summed E-state index contributed by atoms with van der Waals surface area (Å²) in [6, 6.07) is 14.3. The summed E-state index contributed by atoms with van der Waals surface area (Å²) in [6.45, 7) is 2.55. The van der Waals surface area contributed by atoms with Gasteiger partial charge in [-0.15, -0.1) is 0 Å². The molecule has 2 aliphatic carbocycles. The van der Waals surface area contributed by atoms with Crippen molar-refractivity contribution in [3.63, 3.8) is 0 Å². The largest absolute Gasteiger partial charge is 0.468 e. The van der Waals surface area contributed by atoms with E-state index in [1.165, 1.54) is 14.2 Å². The quantitative estimate of drug-likeness (QED) is 0.241. The van der Waals surface area contributed by atoms with Gasteiger partial charge in [0.1, 0.15) is 0 Å². The van der Waals surface area contributed by atoms with E-state index in [2.05, 4.69) is 13.0 Å². The Hall–Kier alpha value is -3.35. The third-order valence-corrected chi connectivity index (χ3v) is 8.73. The number of rotatable bonds is 8. The summed E-state index contributed by atoms with van der Waals surface area (Å²) >= 11 is 12.8. The molecule has 0 fully saturated rings. The summed E-state index contributed by atoms with van der Waals surface area (Å²) < 4.78 is 10.1. The molecule has 0 radical (unpaired) electrons. The molecular formula is C33H35Cl2NO5. The molecular weight excluding hydrogens is 561 g/mol. The second-order valence-electron chi connectivity index (χ2n) is 10.9. The Kier molecular flexibility index (Phi) is 9.77. The van der Waals surface area contributed by atoms with Gasteiger partial charge in [-0.25, -0.2) is 4.79 Å². The number of carbonyl (C=O) groups excluding carboxylic acids is 3. The van der Waals surface area contributed by atoms with Crippen molar-refractivity contribution in [2.45, 2.75) is 32.7 Å². The van der Waals surface area contributed by atoms with Crippen LogP contribution in [0.5, 0.6) is 0 Å². The van der Waals surface area contributed by atoms with Gasteiger partial charge in [-0.2, -0.15) is 0 Å². The lowest BCUT2D eigenvalue weighted by Gasteiger charge is -2.47. The molecule has 0 spiro atoms. The fraction of sp³-hybridized carbons (Fsp3) is 0.364. The molecule has 0 saturated heterocycles. The predicted octanol–water partition coefficient (Wildman–Crippen LogP) is 7.07. The standard InChI is InChI=1S/C33H35Cl2NO5/c1-21-15-26-17-23(18-30(37)36(2)20-22-5-11-28(34)12-6-22)13-14-33(26,32(39)41-4)27(16-21)19-29(35)24-7-9-25(10-8-24)31(38)40-3/h5-14,16,19,23,26-27H,15,17-18,20H2,1-4H3/b29-19-/t23-,26+,27+,33+/m1/s1. The SMILES string of the molecule is COC(=O)c1ccc(/C(Cl)=C/[C@@H]2C=C(C)C[C@H]3C[C@H](CC(=O)N(C)Cc4ccc(Cl)cc4)C=C[C@]32C(=O)OC)cc1. The maximum atomic E-state index is 13.5. The monoisotopic (exact) mass is 595 g/mol. The second kappa shape index (κ2) is 13.1. The summed E-state index contributed by atoms with van der Waals surface area (Å²) in [5, 5.41) is 1.13. The Labute approximate surface area is 251 Å². The van der Waals surface area contributed by atoms with E-state index in [1.807, 2.05) is 42.5 Å². The molecule has 4 rings (SSSR count).